The van der Waals surface area contributed by atoms with Gasteiger partial charge in [0.15, 0.2) is 35.1 Å². The van der Waals surface area contributed by atoms with Crippen LogP contribution in [0.3, 0.4) is 0 Å². The number of unbranched alkanes of at least 4 members (excludes halogenated alkanes) is 7. The van der Waals surface area contributed by atoms with Crippen molar-refractivity contribution in [1.29, 1.82) is 0 Å². The number of aliphatic hydroxyl groups excluding tert-OH is 3. The number of benzene rings is 7. The quantitative estimate of drug-likeness (QED) is 0.0382. The molecular weight excluding hydrogens is 1490 g/mol. The van der Waals surface area contributed by atoms with Crippen molar-refractivity contribution >= 4 is 76.5 Å². The molecule has 0 aromatic heterocycles. The SMILES string of the molecule is CCCCCCCCCCC(=O)N[C@H]1[C@H](Oc2c3cc4cc2Oc2ccc(cc2Cl)[C@@H](O)[C@@H]2NC(=O)[C@H](NC(=O)[C@@H]4NC(=O)[C@H]4NC(=O)[C@@H](Cc5ccc(cc5)O3)NC(=O)[C@@H](NC)c3ccc(O)c(c3)Oc3cc(O)c(Cl)c4c3)c3ccc(O)c(c3)-c3c(O)cc(O)cc3[C@@H](C(=O)O)NC2=O)O[C@H](C(=O)OC)[C@@H](O)[C@@H]1O. The maximum atomic E-state index is 16.4. The van der Waals surface area contributed by atoms with Crippen molar-refractivity contribution in [2.24, 2.45) is 0 Å². The first kappa shape index (κ1) is 78.9. The van der Waals surface area contributed by atoms with E-state index >= 15 is 19.2 Å². The lowest BCUT2D eigenvalue weighted by molar-refractivity contribution is -0.242. The van der Waals surface area contributed by atoms with E-state index in [0.29, 0.717) is 18.4 Å². The van der Waals surface area contributed by atoms with Crippen LogP contribution in [0.4, 0.5) is 0 Å². The number of aromatic hydroxyl groups is 5. The van der Waals surface area contributed by atoms with Crippen LogP contribution in [-0.4, -0.2) is 156 Å². The zero-order valence-corrected chi connectivity index (χ0v) is 61.0. The Morgan fingerprint density at radius 3 is 1.88 bits per heavy atom. The third-order valence-electron chi connectivity index (χ3n) is 19.6. The second-order valence-electron chi connectivity index (χ2n) is 27.2. The first-order valence-corrected chi connectivity index (χ1v) is 36.2. The summed E-state index contributed by atoms with van der Waals surface area (Å²) in [6.07, 6.45) is -4.03. The topological polar surface area (TPSA) is 487 Å². The highest BCUT2D eigenvalue weighted by Gasteiger charge is 2.51. The van der Waals surface area contributed by atoms with Crippen LogP contribution in [0.25, 0.3) is 11.1 Å². The number of carbonyl (C=O) groups is 9. The van der Waals surface area contributed by atoms with E-state index in [1.54, 1.807) is 0 Å². The van der Waals surface area contributed by atoms with Gasteiger partial charge in [0.25, 0.3) is 0 Å². The van der Waals surface area contributed by atoms with Crippen molar-refractivity contribution in [3.8, 4) is 80.1 Å². The number of hydrogen-bond acceptors (Lipinski definition) is 24. The summed E-state index contributed by atoms with van der Waals surface area (Å²) in [5, 5.41) is 124. The van der Waals surface area contributed by atoms with Crippen molar-refractivity contribution in [2.45, 2.75) is 150 Å². The van der Waals surface area contributed by atoms with Crippen LogP contribution in [0.5, 0.6) is 69.0 Å². The summed E-state index contributed by atoms with van der Waals surface area (Å²) in [6, 6.07) is 6.02. The molecule has 1 saturated heterocycles. The summed E-state index contributed by atoms with van der Waals surface area (Å²) in [5.41, 5.74) is -2.57. The number of rotatable bonds is 15. The Balaban J connectivity index is 1.10. The van der Waals surface area contributed by atoms with Gasteiger partial charge in [-0.2, -0.15) is 0 Å². The molecule has 17 bridgehead atoms. The minimum Gasteiger partial charge on any atom is -0.508 e. The average Bonchev–Trinajstić information content (AvgIpc) is 0.767. The predicted octanol–water partition coefficient (Wildman–Crippen LogP) is 6.55. The summed E-state index contributed by atoms with van der Waals surface area (Å²) in [4.78, 5) is 134. The number of hydrogen-bond donors (Lipinski definition) is 17. The first-order valence-electron chi connectivity index (χ1n) is 35.4. The number of ether oxygens (including phenoxy) is 6. The number of methoxy groups -OCH3 is 1. The molecule has 7 aliphatic rings. The summed E-state index contributed by atoms with van der Waals surface area (Å²) < 4.78 is 37.5. The van der Waals surface area contributed by atoms with Crippen LogP contribution >= 0.6 is 23.2 Å². The number of phenols is 5. The van der Waals surface area contributed by atoms with E-state index in [0.717, 1.165) is 118 Å². The van der Waals surface area contributed by atoms with E-state index in [1.807, 2.05) is 0 Å². The molecule has 34 heteroatoms. The Labute approximate surface area is 642 Å². The number of carbonyl (C=O) groups excluding carboxylic acids is 8. The molecular formula is C77H78Cl2N8O24. The number of amides is 7. The summed E-state index contributed by atoms with van der Waals surface area (Å²) in [6.45, 7) is 2.10. The third kappa shape index (κ3) is 17.1. The molecule has 14 rings (SSSR count). The molecule has 0 aliphatic carbocycles. The minimum atomic E-state index is -2.37. The molecule has 7 amide bonds. The molecule has 7 aliphatic heterocycles. The molecule has 13 atom stereocenters. The average molecular weight is 1570 g/mol. The van der Waals surface area contributed by atoms with Gasteiger partial charge in [-0.1, -0.05) is 105 Å². The van der Waals surface area contributed by atoms with Crippen LogP contribution in [0.1, 0.15) is 140 Å². The molecule has 0 spiro atoms. The lowest BCUT2D eigenvalue weighted by Crippen LogP contribution is -2.66. The highest BCUT2D eigenvalue weighted by molar-refractivity contribution is 6.33. The van der Waals surface area contributed by atoms with Gasteiger partial charge in [0.2, 0.25) is 53.4 Å². The maximum absolute atomic E-state index is 16.4. The number of carboxylic acid groups (broad SMARTS) is 1. The summed E-state index contributed by atoms with van der Waals surface area (Å²) >= 11 is 14.1. The van der Waals surface area contributed by atoms with Crippen LogP contribution in [0.15, 0.2) is 115 Å². The highest BCUT2D eigenvalue weighted by Crippen LogP contribution is 2.50. The molecule has 7 aromatic carbocycles. The number of fused-ring (bicyclic) bond motifs is 14. The number of phenolic OH excluding ortho intramolecular Hbond substituents is 5. The van der Waals surface area contributed by atoms with Crippen LogP contribution in [-0.2, 0) is 59.0 Å². The Kier molecular flexibility index (Phi) is 23.9. The second kappa shape index (κ2) is 33.7. The third-order valence-corrected chi connectivity index (χ3v) is 20.3. The normalized spacial score (nSPS) is 23.7. The fraction of sp³-hybridized carbons (Fsp3) is 0.338. The number of aliphatic carboxylic acids is 1. The highest BCUT2D eigenvalue weighted by atomic mass is 35.5. The van der Waals surface area contributed by atoms with Crippen molar-refractivity contribution in [3.05, 3.63) is 164 Å². The Morgan fingerprint density at radius 1 is 0.559 bits per heavy atom. The van der Waals surface area contributed by atoms with E-state index in [1.165, 1.54) is 49.5 Å². The van der Waals surface area contributed by atoms with Gasteiger partial charge in [-0.15, -0.1) is 0 Å². The monoisotopic (exact) mass is 1570 g/mol. The molecule has 0 radical (unpaired) electrons. The van der Waals surface area contributed by atoms with E-state index in [-0.39, 0.29) is 52.5 Å². The minimum absolute atomic E-state index is 0.0939. The fourth-order valence-corrected chi connectivity index (χ4v) is 14.3. The van der Waals surface area contributed by atoms with Crippen molar-refractivity contribution in [2.75, 3.05) is 14.2 Å². The van der Waals surface area contributed by atoms with Crippen LogP contribution in [0, 0.1) is 0 Å². The summed E-state index contributed by atoms with van der Waals surface area (Å²) in [7, 11) is 2.41. The van der Waals surface area contributed by atoms with Gasteiger partial charge < -0.3 is 117 Å². The molecule has 111 heavy (non-hydrogen) atoms. The number of likely N-dealkylation sites (N-methyl/N-ethyl adjacent to an activating group) is 1. The fourth-order valence-electron chi connectivity index (χ4n) is 13.8. The second-order valence-corrected chi connectivity index (χ2v) is 27.9. The lowest BCUT2D eigenvalue weighted by atomic mass is 9.89. The van der Waals surface area contributed by atoms with Gasteiger partial charge in [0.1, 0.15) is 101 Å². The largest absolute Gasteiger partial charge is 0.508 e. The molecule has 0 unspecified atom stereocenters. The molecule has 7 aromatic rings. The van der Waals surface area contributed by atoms with Crippen LogP contribution in [0.2, 0.25) is 10.0 Å². The number of esters is 1. The number of aliphatic hydroxyl groups is 3. The molecule has 32 nitrogen and oxygen atoms in total. The number of carboxylic acids is 1. The molecule has 584 valence electrons. The predicted molar refractivity (Wildman–Crippen MR) is 391 cm³/mol. The standard InChI is InChI=1S/C77H78Cl2N8O24/c1-4-5-6-7-8-9-10-11-12-54(93)82-63-65(95)66(96)68(76(105)106-3)111-77(63)110-67-52-27-37-28-53(67)109-50-22-17-36(25-44(50)78)64(94)62-74(102)86-61(75(103)104)42-29-38(88)30-48(91)55(42)41-24-34(15-20-46(41)89)58(71(99)87-62)83-72(100)59(37)84-73(101)60-43-31-40(32-49(92)56(43)79)108-51-26-35(16-21-47(51)90)57(80-2)70(98)81-45(69(97)85-60)23-33-13-18-39(107-52)19-14-33/h13-22,24-32,45,57-66,68,77,80,88-92,94-96H,4-12,23H2,1-3H3,(H,81,98)(H,82,93)(H,83,100)(H,84,101)(H,85,97)(H,86,102)(H,87,99)(H,103,104)/t45-,57+,58-,59-,60+,61+,62+,63-,64-,65-,66+,68+,77-/m1/s1. The zero-order chi connectivity index (χ0) is 79.4. The van der Waals surface area contributed by atoms with Gasteiger partial charge in [0, 0.05) is 47.2 Å². The summed E-state index contributed by atoms with van der Waals surface area (Å²) in [5.74, 6) is -17.7. The first-order chi connectivity index (χ1) is 53.1. The van der Waals surface area contributed by atoms with E-state index in [9.17, 15) is 69.9 Å². The molecule has 0 saturated carbocycles. The number of halogens is 2. The van der Waals surface area contributed by atoms with Gasteiger partial charge >= 0.3 is 11.9 Å². The van der Waals surface area contributed by atoms with E-state index in [2.05, 4.69) is 49.5 Å². The zero-order valence-electron chi connectivity index (χ0n) is 59.5. The molecule has 17 N–H and O–H groups in total. The van der Waals surface area contributed by atoms with Crippen LogP contribution < -0.4 is 61.5 Å². The molecule has 1 fully saturated rings. The van der Waals surface area contributed by atoms with Crippen molar-refractivity contribution in [3.63, 3.8) is 0 Å². The van der Waals surface area contributed by atoms with Gasteiger partial charge in [-0.3, -0.25) is 33.6 Å². The Hall–Kier alpha value is -11.7. The Morgan fingerprint density at radius 2 is 1.19 bits per heavy atom. The van der Waals surface area contributed by atoms with Crippen molar-refractivity contribution < 1.29 is 118 Å². The maximum Gasteiger partial charge on any atom is 0.337 e. The number of nitrogens with one attached hydrogen (secondary N) is 8. The van der Waals surface area contributed by atoms with Gasteiger partial charge in [-0.05, 0) is 114 Å². The van der Waals surface area contributed by atoms with Crippen molar-refractivity contribution in [1.82, 2.24) is 42.5 Å². The smallest absolute Gasteiger partial charge is 0.337 e. The molecule has 7 heterocycles. The van der Waals surface area contributed by atoms with Gasteiger partial charge in [-0.25, -0.2) is 9.59 Å². The lowest BCUT2D eigenvalue weighted by Gasteiger charge is -2.41. The van der Waals surface area contributed by atoms with Gasteiger partial charge in [0.05, 0.1) is 17.2 Å². The van der Waals surface area contributed by atoms with E-state index < -0.39 is 216 Å². The Bertz CT molecular complexity index is 4820. The van der Waals surface area contributed by atoms with E-state index in [4.69, 9.17) is 51.6 Å².